The number of hydrogen-bond acceptors (Lipinski definition) is 2. The molecule has 0 spiro atoms. The first-order valence-corrected chi connectivity index (χ1v) is 6.54. The van der Waals surface area contributed by atoms with Gasteiger partial charge in [-0.2, -0.15) is 0 Å². The van der Waals surface area contributed by atoms with E-state index in [4.69, 9.17) is 10.2 Å². The predicted octanol–water partition coefficient (Wildman–Crippen LogP) is 3.67. The van der Waals surface area contributed by atoms with Crippen LogP contribution in [0.1, 0.15) is 49.9 Å². The quantitative estimate of drug-likeness (QED) is 0.823. The van der Waals surface area contributed by atoms with Crippen LogP contribution in [0, 0.1) is 5.92 Å². The number of carboxylic acids is 2. The standard InChI is InChI=1S/C8H16O2.C7H6O2/c1-3-5-6-7(4-2)8(9)10;8-7(9)6-4-2-1-3-5-6/h7H,3-6H2,1-2H3,(H,9,10);1-5H,(H,8,9). The molecule has 0 aliphatic heterocycles. The van der Waals surface area contributed by atoms with Crippen molar-refractivity contribution >= 4 is 11.9 Å². The van der Waals surface area contributed by atoms with Crippen LogP contribution in [0.2, 0.25) is 0 Å². The summed E-state index contributed by atoms with van der Waals surface area (Å²) in [4.78, 5) is 20.6. The molecule has 0 saturated carbocycles. The maximum Gasteiger partial charge on any atom is 0.335 e. The van der Waals surface area contributed by atoms with Crippen molar-refractivity contribution in [1.82, 2.24) is 0 Å². The molecule has 106 valence electrons. The van der Waals surface area contributed by atoms with Gasteiger partial charge in [-0.3, -0.25) is 4.79 Å². The highest BCUT2D eigenvalue weighted by atomic mass is 16.4. The second-order valence-corrected chi connectivity index (χ2v) is 4.26. The predicted molar refractivity (Wildman–Crippen MR) is 74.3 cm³/mol. The van der Waals surface area contributed by atoms with Crippen LogP contribution in [-0.4, -0.2) is 22.2 Å². The Hall–Kier alpha value is -1.84. The van der Waals surface area contributed by atoms with Crippen molar-refractivity contribution < 1.29 is 19.8 Å². The van der Waals surface area contributed by atoms with Crippen LogP contribution in [0.25, 0.3) is 0 Å². The summed E-state index contributed by atoms with van der Waals surface area (Å²) in [5, 5.41) is 17.0. The fourth-order valence-electron chi connectivity index (χ4n) is 1.53. The maximum absolute atomic E-state index is 10.4. The molecule has 0 aliphatic carbocycles. The lowest BCUT2D eigenvalue weighted by Crippen LogP contribution is -2.11. The van der Waals surface area contributed by atoms with Gasteiger partial charge in [0.15, 0.2) is 0 Å². The van der Waals surface area contributed by atoms with Crippen LogP contribution in [-0.2, 0) is 4.79 Å². The SMILES string of the molecule is CCCCC(CC)C(=O)O.O=C(O)c1ccccc1. The Kier molecular flexibility index (Phi) is 9.14. The second-order valence-electron chi connectivity index (χ2n) is 4.26. The Labute approximate surface area is 114 Å². The molecule has 1 unspecified atom stereocenters. The third kappa shape index (κ3) is 7.97. The van der Waals surface area contributed by atoms with Crippen molar-refractivity contribution in [2.24, 2.45) is 5.92 Å². The van der Waals surface area contributed by atoms with Gasteiger partial charge >= 0.3 is 11.9 Å². The number of unbranched alkanes of at least 4 members (excludes halogenated alkanes) is 1. The Morgan fingerprint density at radius 3 is 2.00 bits per heavy atom. The van der Waals surface area contributed by atoms with E-state index in [0.717, 1.165) is 25.7 Å². The highest BCUT2D eigenvalue weighted by Gasteiger charge is 2.12. The van der Waals surface area contributed by atoms with E-state index in [1.165, 1.54) is 0 Å². The molecule has 1 atom stereocenters. The minimum Gasteiger partial charge on any atom is -0.481 e. The highest BCUT2D eigenvalue weighted by Crippen LogP contribution is 2.11. The van der Waals surface area contributed by atoms with Crippen LogP contribution in [0.4, 0.5) is 0 Å². The first kappa shape index (κ1) is 17.2. The van der Waals surface area contributed by atoms with Gasteiger partial charge in [0, 0.05) is 0 Å². The lowest BCUT2D eigenvalue weighted by molar-refractivity contribution is -0.142. The molecule has 4 nitrogen and oxygen atoms in total. The first-order chi connectivity index (χ1) is 9.02. The molecule has 0 aliphatic rings. The Morgan fingerprint density at radius 1 is 1.11 bits per heavy atom. The van der Waals surface area contributed by atoms with E-state index in [0.29, 0.717) is 5.56 Å². The average molecular weight is 266 g/mol. The first-order valence-electron chi connectivity index (χ1n) is 6.54. The third-order valence-electron chi connectivity index (χ3n) is 2.77. The Balaban J connectivity index is 0.000000342. The van der Waals surface area contributed by atoms with E-state index < -0.39 is 11.9 Å². The van der Waals surface area contributed by atoms with Crippen LogP contribution < -0.4 is 0 Å². The highest BCUT2D eigenvalue weighted by molar-refractivity contribution is 5.87. The zero-order valence-electron chi connectivity index (χ0n) is 11.5. The zero-order valence-corrected chi connectivity index (χ0v) is 11.5. The maximum atomic E-state index is 10.4. The zero-order chi connectivity index (χ0) is 14.7. The van der Waals surface area contributed by atoms with Gasteiger partial charge in [0.2, 0.25) is 0 Å². The summed E-state index contributed by atoms with van der Waals surface area (Å²) in [7, 11) is 0. The molecule has 0 amide bonds. The molecule has 4 heteroatoms. The fourth-order valence-corrected chi connectivity index (χ4v) is 1.53. The number of benzene rings is 1. The van der Waals surface area contributed by atoms with Gasteiger partial charge in [-0.05, 0) is 25.0 Å². The van der Waals surface area contributed by atoms with Crippen LogP contribution in [0.3, 0.4) is 0 Å². The van der Waals surface area contributed by atoms with Gasteiger partial charge in [-0.25, -0.2) is 4.79 Å². The number of carbonyl (C=O) groups is 2. The molecule has 0 saturated heterocycles. The molecular formula is C15H22O4. The molecule has 1 aromatic rings. The Bertz CT molecular complexity index is 373. The number of hydrogen-bond donors (Lipinski definition) is 2. The number of aromatic carboxylic acids is 1. The molecule has 1 rings (SSSR count). The molecule has 19 heavy (non-hydrogen) atoms. The number of rotatable bonds is 6. The third-order valence-corrected chi connectivity index (χ3v) is 2.77. The van der Waals surface area contributed by atoms with Gasteiger partial charge in [-0.1, -0.05) is 44.9 Å². The molecule has 2 N–H and O–H groups in total. The molecule has 0 bridgehead atoms. The van der Waals surface area contributed by atoms with Crippen molar-refractivity contribution in [2.75, 3.05) is 0 Å². The minimum absolute atomic E-state index is 0.111. The van der Waals surface area contributed by atoms with Crippen LogP contribution in [0.5, 0.6) is 0 Å². The van der Waals surface area contributed by atoms with Gasteiger partial charge < -0.3 is 10.2 Å². The lowest BCUT2D eigenvalue weighted by Gasteiger charge is -2.06. The van der Waals surface area contributed by atoms with Crippen LogP contribution in [0.15, 0.2) is 30.3 Å². The van der Waals surface area contributed by atoms with E-state index in [2.05, 4.69) is 6.92 Å². The van der Waals surface area contributed by atoms with E-state index in [1.54, 1.807) is 30.3 Å². The monoisotopic (exact) mass is 266 g/mol. The summed E-state index contributed by atoms with van der Waals surface area (Å²) in [5.41, 5.74) is 0.331. The van der Waals surface area contributed by atoms with Gasteiger partial charge in [0.1, 0.15) is 0 Å². The fraction of sp³-hybridized carbons (Fsp3) is 0.467. The molecule has 1 aromatic carbocycles. The van der Waals surface area contributed by atoms with Crippen molar-refractivity contribution in [3.8, 4) is 0 Å². The van der Waals surface area contributed by atoms with Crippen molar-refractivity contribution in [1.29, 1.82) is 0 Å². The van der Waals surface area contributed by atoms with E-state index in [9.17, 15) is 9.59 Å². The van der Waals surface area contributed by atoms with E-state index in [1.807, 2.05) is 6.92 Å². The average Bonchev–Trinajstić information content (AvgIpc) is 2.41. The molecule has 0 aromatic heterocycles. The van der Waals surface area contributed by atoms with E-state index >= 15 is 0 Å². The van der Waals surface area contributed by atoms with E-state index in [-0.39, 0.29) is 5.92 Å². The summed E-state index contributed by atoms with van der Waals surface area (Å²) >= 11 is 0. The van der Waals surface area contributed by atoms with Gasteiger partial charge in [-0.15, -0.1) is 0 Å². The normalized spacial score (nSPS) is 11.1. The van der Waals surface area contributed by atoms with Gasteiger partial charge in [0.25, 0.3) is 0 Å². The summed E-state index contributed by atoms with van der Waals surface area (Å²) in [6.07, 6.45) is 3.71. The molecule has 0 heterocycles. The summed E-state index contributed by atoms with van der Waals surface area (Å²) < 4.78 is 0. The van der Waals surface area contributed by atoms with Crippen molar-refractivity contribution in [2.45, 2.75) is 39.5 Å². The summed E-state index contributed by atoms with van der Waals surface area (Å²) in [6.45, 7) is 4.00. The molecule has 0 fully saturated rings. The van der Waals surface area contributed by atoms with Gasteiger partial charge in [0.05, 0.1) is 11.5 Å². The molecule has 0 radical (unpaired) electrons. The molecular weight excluding hydrogens is 244 g/mol. The minimum atomic E-state index is -0.879. The smallest absolute Gasteiger partial charge is 0.335 e. The number of carboxylic acid groups (broad SMARTS) is 2. The lowest BCUT2D eigenvalue weighted by atomic mass is 10.00. The van der Waals surface area contributed by atoms with Crippen molar-refractivity contribution in [3.05, 3.63) is 35.9 Å². The largest absolute Gasteiger partial charge is 0.481 e. The number of aliphatic carboxylic acids is 1. The second kappa shape index (κ2) is 10.1. The van der Waals surface area contributed by atoms with Crippen molar-refractivity contribution in [3.63, 3.8) is 0 Å². The summed E-state index contributed by atoms with van der Waals surface area (Å²) in [6, 6.07) is 8.30. The topological polar surface area (TPSA) is 74.6 Å². The van der Waals surface area contributed by atoms with Crippen LogP contribution >= 0.6 is 0 Å². The Morgan fingerprint density at radius 2 is 1.68 bits per heavy atom. The summed E-state index contributed by atoms with van der Waals surface area (Å²) in [5.74, 6) is -1.63.